The maximum atomic E-state index is 12.5. The van der Waals surface area contributed by atoms with Crippen LogP contribution < -0.4 is 5.43 Å². The molecule has 0 spiro atoms. The minimum Gasteiger partial charge on any atom is -0.396 e. The number of terminal acetylenes is 1. The first-order valence-electron chi connectivity index (χ1n) is 4.61. The van der Waals surface area contributed by atoms with Crippen molar-refractivity contribution in [1.29, 1.82) is 0 Å². The molecule has 2 N–H and O–H groups in total. The molecule has 86 valence electrons. The van der Waals surface area contributed by atoms with Gasteiger partial charge in [-0.05, 0) is 6.42 Å². The number of hydrogen-bond donors (Lipinski definition) is 2. The molecule has 0 aromatic rings. The van der Waals surface area contributed by atoms with E-state index in [4.69, 9.17) is 11.5 Å². The maximum absolute atomic E-state index is 12.5. The molecular formula is C9H13F3N2O. The zero-order valence-electron chi connectivity index (χ0n) is 8.09. The van der Waals surface area contributed by atoms with Crippen LogP contribution in [0.1, 0.15) is 6.42 Å². The van der Waals surface area contributed by atoms with Gasteiger partial charge in [-0.3, -0.25) is 0 Å². The molecule has 1 aliphatic rings. The fraction of sp³-hybridized carbons (Fsp3) is 0.778. The van der Waals surface area contributed by atoms with Crippen LogP contribution in [0.15, 0.2) is 0 Å². The Bertz CT molecular complexity index is 249. The monoisotopic (exact) mass is 222 g/mol. The van der Waals surface area contributed by atoms with Crippen LogP contribution in [0.3, 0.4) is 0 Å². The lowest BCUT2D eigenvalue weighted by Crippen LogP contribution is -2.45. The first-order valence-corrected chi connectivity index (χ1v) is 4.61. The largest absolute Gasteiger partial charge is 0.405 e. The summed E-state index contributed by atoms with van der Waals surface area (Å²) < 4.78 is 37.6. The van der Waals surface area contributed by atoms with Crippen molar-refractivity contribution >= 4 is 0 Å². The molecule has 1 fully saturated rings. The van der Waals surface area contributed by atoms with E-state index in [2.05, 4.69) is 11.3 Å². The fourth-order valence-corrected chi connectivity index (χ4v) is 1.73. The van der Waals surface area contributed by atoms with Gasteiger partial charge in [0.15, 0.2) is 0 Å². The molecule has 0 aromatic heterocycles. The summed E-state index contributed by atoms with van der Waals surface area (Å²) in [6.45, 7) is 0.103. The van der Waals surface area contributed by atoms with E-state index >= 15 is 0 Å². The van der Waals surface area contributed by atoms with Crippen molar-refractivity contribution < 1.29 is 18.3 Å². The van der Waals surface area contributed by atoms with E-state index in [-0.39, 0.29) is 26.1 Å². The van der Waals surface area contributed by atoms with Gasteiger partial charge in [0.1, 0.15) is 6.04 Å². The molecule has 3 nitrogen and oxygen atoms in total. The SMILES string of the molecule is C#CCN1CC(CCO)C(C(F)(F)F)N1. The Balaban J connectivity index is 2.64. The molecule has 0 bridgehead atoms. The van der Waals surface area contributed by atoms with Crippen molar-refractivity contribution in [2.45, 2.75) is 18.6 Å². The quantitative estimate of drug-likeness (QED) is 0.677. The summed E-state index contributed by atoms with van der Waals surface area (Å²) in [5.74, 6) is 1.64. The van der Waals surface area contributed by atoms with E-state index in [0.717, 1.165) is 0 Å². The molecule has 0 amide bonds. The Morgan fingerprint density at radius 3 is 2.67 bits per heavy atom. The Hall–Kier alpha value is -0.770. The summed E-state index contributed by atoms with van der Waals surface area (Å²) in [6, 6.07) is -1.60. The van der Waals surface area contributed by atoms with Crippen LogP contribution in [-0.2, 0) is 0 Å². The normalized spacial score (nSPS) is 27.9. The predicted molar refractivity (Wildman–Crippen MR) is 48.6 cm³/mol. The molecule has 1 saturated heterocycles. The lowest BCUT2D eigenvalue weighted by Gasteiger charge is -2.20. The first kappa shape index (κ1) is 12.3. The molecule has 0 saturated carbocycles. The van der Waals surface area contributed by atoms with Gasteiger partial charge in [-0.25, -0.2) is 10.4 Å². The van der Waals surface area contributed by atoms with Gasteiger partial charge in [0, 0.05) is 19.1 Å². The topological polar surface area (TPSA) is 35.5 Å². The molecule has 0 radical (unpaired) electrons. The Morgan fingerprint density at radius 2 is 2.20 bits per heavy atom. The third-order valence-corrected chi connectivity index (χ3v) is 2.38. The Morgan fingerprint density at radius 1 is 1.53 bits per heavy atom. The highest BCUT2D eigenvalue weighted by atomic mass is 19.4. The Kier molecular flexibility index (Phi) is 3.97. The summed E-state index contributed by atoms with van der Waals surface area (Å²) in [6.07, 6.45) is 0.841. The fourth-order valence-electron chi connectivity index (χ4n) is 1.73. The number of halogens is 3. The van der Waals surface area contributed by atoms with E-state index in [1.165, 1.54) is 5.01 Å². The summed E-state index contributed by atoms with van der Waals surface area (Å²) in [5.41, 5.74) is 2.32. The van der Waals surface area contributed by atoms with Crippen molar-refractivity contribution in [1.82, 2.24) is 10.4 Å². The molecule has 0 aromatic carbocycles. The number of nitrogens with zero attached hydrogens (tertiary/aromatic N) is 1. The minimum absolute atomic E-state index is 0.123. The summed E-state index contributed by atoms with van der Waals surface area (Å²) in [4.78, 5) is 0. The second-order valence-corrected chi connectivity index (χ2v) is 3.51. The van der Waals surface area contributed by atoms with Crippen molar-refractivity contribution in [3.63, 3.8) is 0 Å². The molecule has 2 atom stereocenters. The van der Waals surface area contributed by atoms with Crippen LogP contribution in [0.25, 0.3) is 0 Å². The van der Waals surface area contributed by atoms with Crippen LogP contribution in [0, 0.1) is 18.3 Å². The molecule has 1 rings (SSSR count). The highest BCUT2D eigenvalue weighted by Crippen LogP contribution is 2.31. The summed E-state index contributed by atoms with van der Waals surface area (Å²) in [5, 5.41) is 10.0. The minimum atomic E-state index is -4.30. The van der Waals surface area contributed by atoms with Crippen LogP contribution >= 0.6 is 0 Å². The number of alkyl halides is 3. The highest BCUT2D eigenvalue weighted by molar-refractivity contribution is 4.94. The predicted octanol–water partition coefficient (Wildman–Crippen LogP) is 0.369. The first-order chi connectivity index (χ1) is 6.99. The van der Waals surface area contributed by atoms with Crippen LogP contribution in [0.2, 0.25) is 0 Å². The molecule has 0 aliphatic carbocycles. The number of hydrogen-bond acceptors (Lipinski definition) is 3. The maximum Gasteiger partial charge on any atom is 0.405 e. The molecule has 1 heterocycles. The summed E-state index contributed by atoms with van der Waals surface area (Å²) >= 11 is 0. The number of aliphatic hydroxyl groups is 1. The van der Waals surface area contributed by atoms with Crippen molar-refractivity contribution in [2.24, 2.45) is 5.92 Å². The van der Waals surface area contributed by atoms with E-state index in [0.29, 0.717) is 0 Å². The number of hydrazine groups is 1. The number of rotatable bonds is 3. The van der Waals surface area contributed by atoms with Gasteiger partial charge in [0.2, 0.25) is 0 Å². The lowest BCUT2D eigenvalue weighted by atomic mass is 9.98. The zero-order chi connectivity index (χ0) is 11.5. The lowest BCUT2D eigenvalue weighted by molar-refractivity contribution is -0.165. The highest BCUT2D eigenvalue weighted by Gasteiger charge is 2.49. The third kappa shape index (κ3) is 3.09. The average Bonchev–Trinajstić information content (AvgIpc) is 2.49. The van der Waals surface area contributed by atoms with Gasteiger partial charge in [-0.2, -0.15) is 13.2 Å². The van der Waals surface area contributed by atoms with Crippen LogP contribution in [-0.4, -0.2) is 42.0 Å². The van der Waals surface area contributed by atoms with E-state index in [1.807, 2.05) is 0 Å². The molecule has 1 aliphatic heterocycles. The van der Waals surface area contributed by atoms with Gasteiger partial charge >= 0.3 is 6.18 Å². The van der Waals surface area contributed by atoms with Gasteiger partial charge < -0.3 is 5.11 Å². The molecule has 6 heteroatoms. The smallest absolute Gasteiger partial charge is 0.396 e. The van der Waals surface area contributed by atoms with E-state index < -0.39 is 18.1 Å². The van der Waals surface area contributed by atoms with E-state index in [9.17, 15) is 13.2 Å². The average molecular weight is 222 g/mol. The number of aliphatic hydroxyl groups excluding tert-OH is 1. The van der Waals surface area contributed by atoms with E-state index in [1.54, 1.807) is 0 Å². The van der Waals surface area contributed by atoms with Crippen molar-refractivity contribution in [3.05, 3.63) is 0 Å². The van der Waals surface area contributed by atoms with Gasteiger partial charge in [-0.1, -0.05) is 5.92 Å². The van der Waals surface area contributed by atoms with Crippen LogP contribution in [0.5, 0.6) is 0 Å². The molecule has 2 unspecified atom stereocenters. The van der Waals surface area contributed by atoms with Crippen LogP contribution in [0.4, 0.5) is 13.2 Å². The molecule has 15 heavy (non-hydrogen) atoms. The third-order valence-electron chi connectivity index (χ3n) is 2.38. The van der Waals surface area contributed by atoms with Crippen molar-refractivity contribution in [3.8, 4) is 12.3 Å². The zero-order valence-corrected chi connectivity index (χ0v) is 8.09. The molecular weight excluding hydrogens is 209 g/mol. The second-order valence-electron chi connectivity index (χ2n) is 3.51. The Labute approximate surface area is 86.2 Å². The van der Waals surface area contributed by atoms with Gasteiger partial charge in [0.25, 0.3) is 0 Å². The second kappa shape index (κ2) is 4.84. The summed E-state index contributed by atoms with van der Waals surface area (Å²) in [7, 11) is 0. The van der Waals surface area contributed by atoms with Gasteiger partial charge in [-0.15, -0.1) is 6.42 Å². The van der Waals surface area contributed by atoms with Crippen molar-refractivity contribution in [2.75, 3.05) is 19.7 Å². The standard InChI is InChI=1S/C9H13F3N2O/c1-2-4-14-6-7(3-5-15)8(13-14)9(10,11)12/h1,7-8,13,15H,3-6H2. The number of nitrogens with one attached hydrogen (secondary N) is 1. The van der Waals surface area contributed by atoms with Gasteiger partial charge in [0.05, 0.1) is 6.54 Å².